The molecular weight excluding hydrogens is 370 g/mol. The van der Waals surface area contributed by atoms with E-state index in [4.69, 9.17) is 21.7 Å². The first-order chi connectivity index (χ1) is 12.6. The van der Waals surface area contributed by atoms with Crippen LogP contribution >= 0.6 is 0 Å². The van der Waals surface area contributed by atoms with Crippen LogP contribution in [0.15, 0.2) is 0 Å². The lowest BCUT2D eigenvalue weighted by molar-refractivity contribution is -0.143. The first-order valence-electron chi connectivity index (χ1n) is 7.57. The first kappa shape index (κ1) is 24.2. The van der Waals surface area contributed by atoms with Crippen molar-refractivity contribution >= 4 is 29.6 Å². The predicted octanol–water partition coefficient (Wildman–Crippen LogP) is -6.29. The van der Waals surface area contributed by atoms with Crippen LogP contribution in [0.1, 0.15) is 6.42 Å². The highest BCUT2D eigenvalue weighted by molar-refractivity contribution is 5.95. The molecule has 0 saturated heterocycles. The SMILES string of the molecule is NC(=O)CC(N)C(=O)NC(CO)C(=O)NC(CO)C(=O)NC(CO)C(=O)O. The number of nitrogens with two attached hydrogens (primary N) is 2. The number of aliphatic carboxylic acids is 1. The topological polar surface area (TPSA) is 254 Å². The quantitative estimate of drug-likeness (QED) is 0.151. The molecule has 0 aliphatic heterocycles. The largest absolute Gasteiger partial charge is 0.480 e. The van der Waals surface area contributed by atoms with Crippen molar-refractivity contribution in [3.8, 4) is 0 Å². The summed E-state index contributed by atoms with van der Waals surface area (Å²) in [5, 5.41) is 41.9. The normalized spacial score (nSPS) is 15.0. The summed E-state index contributed by atoms with van der Waals surface area (Å²) in [6.45, 7) is -2.78. The molecule has 4 atom stereocenters. The molecule has 0 heterocycles. The number of rotatable bonds is 12. The van der Waals surface area contributed by atoms with Crippen molar-refractivity contribution in [1.29, 1.82) is 0 Å². The second-order valence-corrected chi connectivity index (χ2v) is 5.35. The van der Waals surface area contributed by atoms with Crippen molar-refractivity contribution in [2.75, 3.05) is 19.8 Å². The molecular formula is C13H23N5O9. The van der Waals surface area contributed by atoms with Gasteiger partial charge < -0.3 is 47.8 Å². The molecule has 0 aliphatic carbocycles. The fourth-order valence-electron chi connectivity index (χ4n) is 1.71. The maximum Gasteiger partial charge on any atom is 0.328 e. The van der Waals surface area contributed by atoms with Crippen molar-refractivity contribution in [2.45, 2.75) is 30.6 Å². The van der Waals surface area contributed by atoms with Gasteiger partial charge in [0.1, 0.15) is 18.1 Å². The Morgan fingerprint density at radius 3 is 1.44 bits per heavy atom. The molecule has 4 unspecified atom stereocenters. The molecule has 0 aliphatic rings. The first-order valence-corrected chi connectivity index (χ1v) is 7.57. The molecule has 4 amide bonds. The molecule has 0 aromatic carbocycles. The minimum atomic E-state index is -1.66. The van der Waals surface area contributed by atoms with Crippen molar-refractivity contribution < 1.29 is 44.4 Å². The lowest BCUT2D eigenvalue weighted by Gasteiger charge is -2.22. The molecule has 154 valence electrons. The third kappa shape index (κ3) is 8.41. The van der Waals surface area contributed by atoms with Crippen molar-refractivity contribution in [3.05, 3.63) is 0 Å². The molecule has 0 spiro atoms. The molecule has 11 N–H and O–H groups in total. The Morgan fingerprint density at radius 2 is 1.11 bits per heavy atom. The van der Waals surface area contributed by atoms with Gasteiger partial charge in [-0.05, 0) is 0 Å². The van der Waals surface area contributed by atoms with E-state index < -0.39 is 80.0 Å². The Hall–Kier alpha value is -2.81. The van der Waals surface area contributed by atoms with E-state index in [0.29, 0.717) is 0 Å². The summed E-state index contributed by atoms with van der Waals surface area (Å²) in [5.41, 5.74) is 10.3. The van der Waals surface area contributed by atoms with E-state index >= 15 is 0 Å². The van der Waals surface area contributed by atoms with E-state index in [1.165, 1.54) is 0 Å². The van der Waals surface area contributed by atoms with Crippen LogP contribution in [-0.4, -0.2) is 94.0 Å². The van der Waals surface area contributed by atoms with E-state index in [9.17, 15) is 34.2 Å². The highest BCUT2D eigenvalue weighted by atomic mass is 16.4. The second-order valence-electron chi connectivity index (χ2n) is 5.35. The number of nitrogens with one attached hydrogen (secondary N) is 3. The van der Waals surface area contributed by atoms with Gasteiger partial charge in [0.25, 0.3) is 0 Å². The van der Waals surface area contributed by atoms with Gasteiger partial charge in [0.15, 0.2) is 0 Å². The summed E-state index contributed by atoms with van der Waals surface area (Å²) >= 11 is 0. The molecule has 27 heavy (non-hydrogen) atoms. The molecule has 0 radical (unpaired) electrons. The van der Waals surface area contributed by atoms with Gasteiger partial charge in [-0.1, -0.05) is 0 Å². The Kier molecular flexibility index (Phi) is 10.5. The lowest BCUT2D eigenvalue weighted by atomic mass is 10.1. The van der Waals surface area contributed by atoms with Gasteiger partial charge in [0, 0.05) is 0 Å². The molecule has 0 saturated carbocycles. The zero-order chi connectivity index (χ0) is 21.1. The molecule has 0 fully saturated rings. The maximum atomic E-state index is 12.0. The fraction of sp³-hybridized carbons (Fsp3) is 0.615. The third-order valence-corrected chi connectivity index (χ3v) is 3.19. The average Bonchev–Trinajstić information content (AvgIpc) is 2.60. The van der Waals surface area contributed by atoms with Crippen LogP contribution in [0.4, 0.5) is 0 Å². The van der Waals surface area contributed by atoms with Gasteiger partial charge >= 0.3 is 5.97 Å². The summed E-state index contributed by atoms with van der Waals surface area (Å²) in [5.74, 6) is -5.60. The molecule has 14 heteroatoms. The Morgan fingerprint density at radius 1 is 0.741 bits per heavy atom. The highest BCUT2D eigenvalue weighted by Crippen LogP contribution is 1.94. The van der Waals surface area contributed by atoms with Crippen molar-refractivity contribution in [2.24, 2.45) is 11.5 Å². The van der Waals surface area contributed by atoms with E-state index in [1.807, 2.05) is 16.0 Å². The molecule has 0 bridgehead atoms. The minimum absolute atomic E-state index is 0.509. The fourth-order valence-corrected chi connectivity index (χ4v) is 1.71. The molecule has 14 nitrogen and oxygen atoms in total. The number of carboxylic acid groups (broad SMARTS) is 1. The highest BCUT2D eigenvalue weighted by Gasteiger charge is 2.29. The molecule has 0 rings (SSSR count). The number of amides is 4. The number of carbonyl (C=O) groups excluding carboxylic acids is 4. The van der Waals surface area contributed by atoms with Gasteiger partial charge in [0.05, 0.1) is 32.3 Å². The number of hydrogen-bond acceptors (Lipinski definition) is 9. The number of carbonyl (C=O) groups is 5. The number of carboxylic acids is 1. The summed E-state index contributed by atoms with van der Waals surface area (Å²) in [4.78, 5) is 57.1. The number of aliphatic hydroxyl groups excluding tert-OH is 3. The van der Waals surface area contributed by atoms with E-state index in [0.717, 1.165) is 0 Å². The predicted molar refractivity (Wildman–Crippen MR) is 86.5 cm³/mol. The summed E-state index contributed by atoms with van der Waals surface area (Å²) in [6, 6.07) is -6.24. The summed E-state index contributed by atoms with van der Waals surface area (Å²) in [6.07, 6.45) is -0.509. The van der Waals surface area contributed by atoms with Gasteiger partial charge in [-0.15, -0.1) is 0 Å². The number of aliphatic hydroxyl groups is 3. The van der Waals surface area contributed by atoms with E-state index in [1.54, 1.807) is 0 Å². The van der Waals surface area contributed by atoms with Crippen LogP contribution in [0.3, 0.4) is 0 Å². The monoisotopic (exact) mass is 393 g/mol. The summed E-state index contributed by atoms with van der Waals surface area (Å²) in [7, 11) is 0. The van der Waals surface area contributed by atoms with Gasteiger partial charge in [-0.3, -0.25) is 19.2 Å². The minimum Gasteiger partial charge on any atom is -0.480 e. The maximum absolute atomic E-state index is 12.0. The van der Waals surface area contributed by atoms with Crippen LogP contribution in [0, 0.1) is 0 Å². The summed E-state index contributed by atoms with van der Waals surface area (Å²) < 4.78 is 0. The Bertz CT molecular complexity index is 570. The van der Waals surface area contributed by atoms with Crippen LogP contribution < -0.4 is 27.4 Å². The van der Waals surface area contributed by atoms with Crippen LogP contribution in [0.5, 0.6) is 0 Å². The van der Waals surface area contributed by atoms with E-state index in [2.05, 4.69) is 0 Å². The standard InChI is InChI=1S/C13H23N5O9/c14-5(1-9(15)22)10(23)16-6(2-19)11(24)17-7(3-20)12(25)18-8(4-21)13(26)27/h5-8,19-21H,1-4,14H2,(H2,15,22)(H,16,23)(H,17,24)(H,18,25)(H,26,27). The number of primary amides is 1. The smallest absolute Gasteiger partial charge is 0.328 e. The van der Waals surface area contributed by atoms with E-state index in [-0.39, 0.29) is 0 Å². The lowest BCUT2D eigenvalue weighted by Crippen LogP contribution is -2.59. The van der Waals surface area contributed by atoms with Crippen molar-refractivity contribution in [3.63, 3.8) is 0 Å². The van der Waals surface area contributed by atoms with Gasteiger partial charge in [-0.25, -0.2) is 4.79 Å². The zero-order valence-corrected chi connectivity index (χ0v) is 14.1. The van der Waals surface area contributed by atoms with Crippen molar-refractivity contribution in [1.82, 2.24) is 16.0 Å². The van der Waals surface area contributed by atoms with Crippen LogP contribution in [0.2, 0.25) is 0 Å². The molecule has 0 aromatic rings. The zero-order valence-electron chi connectivity index (χ0n) is 14.1. The van der Waals surface area contributed by atoms with Gasteiger partial charge in [-0.2, -0.15) is 0 Å². The average molecular weight is 393 g/mol. The third-order valence-electron chi connectivity index (χ3n) is 3.19. The Balaban J connectivity index is 4.91. The van der Waals surface area contributed by atoms with Crippen LogP contribution in [0.25, 0.3) is 0 Å². The van der Waals surface area contributed by atoms with Crippen LogP contribution in [-0.2, 0) is 24.0 Å². The molecule has 0 aromatic heterocycles. The Labute approximate surface area is 152 Å². The number of hydrogen-bond donors (Lipinski definition) is 9. The van der Waals surface area contributed by atoms with Gasteiger partial charge in [0.2, 0.25) is 23.6 Å². The second kappa shape index (κ2) is 11.7.